The summed E-state index contributed by atoms with van der Waals surface area (Å²) in [6.07, 6.45) is 2.75. The fourth-order valence-electron chi connectivity index (χ4n) is 2.90. The molecule has 3 rings (SSSR count). The van der Waals surface area contributed by atoms with Gasteiger partial charge in [0.15, 0.2) is 0 Å². The molecule has 0 spiro atoms. The van der Waals surface area contributed by atoms with Gasteiger partial charge in [-0.05, 0) is 64.5 Å². The molecule has 0 bridgehead atoms. The molecule has 124 valence electrons. The zero-order valence-electron chi connectivity index (χ0n) is 12.4. The highest BCUT2D eigenvalue weighted by Gasteiger charge is 2.30. The fraction of sp³-hybridized carbons (Fsp3) is 0.375. The maximum absolute atomic E-state index is 13.1. The van der Waals surface area contributed by atoms with E-state index < -0.39 is 10.0 Å². The molecule has 1 aliphatic rings. The average Bonchev–Trinajstić information content (AvgIpc) is 2.82. The highest BCUT2D eigenvalue weighted by atomic mass is 79.9. The number of hydrogen-bond acceptors (Lipinski definition) is 3. The topological polar surface area (TPSA) is 37.4 Å². The third-order valence-electron chi connectivity index (χ3n) is 4.12. The van der Waals surface area contributed by atoms with E-state index in [-0.39, 0.29) is 11.7 Å². The highest BCUT2D eigenvalue weighted by Crippen LogP contribution is 2.33. The summed E-state index contributed by atoms with van der Waals surface area (Å²) in [6.45, 7) is 0.985. The Balaban J connectivity index is 1.86. The number of nitrogens with zero attached hydrogens (tertiary/aromatic N) is 1. The average molecular weight is 418 g/mol. The summed E-state index contributed by atoms with van der Waals surface area (Å²) in [7, 11) is -3.47. The summed E-state index contributed by atoms with van der Waals surface area (Å²) < 4.78 is 41.5. The predicted molar refractivity (Wildman–Crippen MR) is 93.8 cm³/mol. The van der Waals surface area contributed by atoms with Gasteiger partial charge in [-0.2, -0.15) is 4.31 Å². The molecular weight excluding hydrogens is 401 g/mol. The van der Waals surface area contributed by atoms with Crippen molar-refractivity contribution in [1.29, 1.82) is 0 Å². The van der Waals surface area contributed by atoms with Crippen LogP contribution in [-0.4, -0.2) is 25.8 Å². The van der Waals surface area contributed by atoms with Crippen LogP contribution in [0, 0.1) is 5.82 Å². The summed E-state index contributed by atoms with van der Waals surface area (Å²) in [5, 5.41) is 0. The third kappa shape index (κ3) is 3.84. The summed E-state index contributed by atoms with van der Waals surface area (Å²) in [4.78, 5) is 0. The zero-order valence-corrected chi connectivity index (χ0v) is 15.6. The zero-order chi connectivity index (χ0) is 16.4. The fourth-order valence-corrected chi connectivity index (χ4v) is 6.58. The molecule has 2 heterocycles. The van der Waals surface area contributed by atoms with Gasteiger partial charge in [0.25, 0.3) is 10.0 Å². The first-order valence-electron chi connectivity index (χ1n) is 7.48. The lowest BCUT2D eigenvalue weighted by Gasteiger charge is -2.23. The molecule has 0 saturated carbocycles. The van der Waals surface area contributed by atoms with Crippen LogP contribution in [0.4, 0.5) is 4.39 Å². The first kappa shape index (κ1) is 17.1. The Labute approximate surface area is 148 Å². The van der Waals surface area contributed by atoms with E-state index in [0.717, 1.165) is 28.6 Å². The largest absolute Gasteiger partial charge is 0.252 e. The van der Waals surface area contributed by atoms with Crippen molar-refractivity contribution < 1.29 is 12.8 Å². The number of thiophene rings is 1. The Morgan fingerprint density at radius 3 is 2.52 bits per heavy atom. The van der Waals surface area contributed by atoms with Crippen LogP contribution in [0.2, 0.25) is 0 Å². The summed E-state index contributed by atoms with van der Waals surface area (Å²) in [6, 6.07) is 9.80. The van der Waals surface area contributed by atoms with Crippen LogP contribution in [0.25, 0.3) is 0 Å². The standard InChI is InChI=1S/C16H17BrFNO2S2/c17-15-8-9-16(22-15)23(20,21)19-10-2-1-3-13(11-19)12-4-6-14(18)7-5-12/h4-9,13H,1-3,10-11H2. The van der Waals surface area contributed by atoms with Gasteiger partial charge in [-0.1, -0.05) is 18.6 Å². The number of rotatable bonds is 3. The molecule has 1 unspecified atom stereocenters. The molecule has 2 aromatic rings. The number of halogens is 2. The van der Waals surface area contributed by atoms with Gasteiger partial charge in [-0.25, -0.2) is 12.8 Å². The van der Waals surface area contributed by atoms with Crippen molar-refractivity contribution in [2.75, 3.05) is 13.1 Å². The smallest absolute Gasteiger partial charge is 0.207 e. The van der Waals surface area contributed by atoms with Gasteiger partial charge in [0, 0.05) is 13.1 Å². The van der Waals surface area contributed by atoms with Crippen LogP contribution in [0.3, 0.4) is 0 Å². The second kappa shape index (κ2) is 7.01. The molecular formula is C16H17BrFNO2S2. The van der Waals surface area contributed by atoms with Crippen LogP contribution in [0.15, 0.2) is 44.4 Å². The monoisotopic (exact) mass is 417 g/mol. The van der Waals surface area contributed by atoms with E-state index in [1.54, 1.807) is 28.6 Å². The molecule has 3 nitrogen and oxygen atoms in total. The molecule has 0 radical (unpaired) electrons. The molecule has 7 heteroatoms. The van der Waals surface area contributed by atoms with Crippen LogP contribution >= 0.6 is 27.3 Å². The van der Waals surface area contributed by atoms with E-state index in [0.29, 0.717) is 17.3 Å². The van der Waals surface area contributed by atoms with Crippen LogP contribution in [0.5, 0.6) is 0 Å². The molecule has 0 N–H and O–H groups in total. The molecule has 1 fully saturated rings. The quantitative estimate of drug-likeness (QED) is 0.730. The van der Waals surface area contributed by atoms with Crippen LogP contribution in [0.1, 0.15) is 30.7 Å². The number of benzene rings is 1. The Bertz CT molecular complexity index is 774. The van der Waals surface area contributed by atoms with E-state index in [1.165, 1.54) is 23.5 Å². The minimum absolute atomic E-state index is 0.108. The van der Waals surface area contributed by atoms with Gasteiger partial charge in [0.2, 0.25) is 0 Å². The van der Waals surface area contributed by atoms with Crippen molar-refractivity contribution in [2.24, 2.45) is 0 Å². The lowest BCUT2D eigenvalue weighted by atomic mass is 9.95. The summed E-state index contributed by atoms with van der Waals surface area (Å²) in [5.74, 6) is -0.161. The predicted octanol–water partition coefficient (Wildman–Crippen LogP) is 4.61. The Hall–Kier alpha value is -0.760. The molecule has 1 aliphatic heterocycles. The Kier molecular flexibility index (Phi) is 5.20. The molecule has 1 aromatic carbocycles. The lowest BCUT2D eigenvalue weighted by molar-refractivity contribution is 0.407. The third-order valence-corrected chi connectivity index (χ3v) is 8.07. The van der Waals surface area contributed by atoms with Gasteiger partial charge in [-0.15, -0.1) is 11.3 Å². The molecule has 0 aliphatic carbocycles. The van der Waals surface area contributed by atoms with Gasteiger partial charge >= 0.3 is 0 Å². The molecule has 23 heavy (non-hydrogen) atoms. The van der Waals surface area contributed by atoms with Gasteiger partial charge in [0.05, 0.1) is 3.79 Å². The first-order chi connectivity index (χ1) is 11.0. The first-order valence-corrected chi connectivity index (χ1v) is 10.5. The van der Waals surface area contributed by atoms with Crippen molar-refractivity contribution in [3.05, 3.63) is 51.6 Å². The summed E-state index contributed by atoms with van der Waals surface area (Å²) in [5.41, 5.74) is 1.00. The van der Waals surface area contributed by atoms with Crippen LogP contribution in [-0.2, 0) is 10.0 Å². The maximum Gasteiger partial charge on any atom is 0.252 e. The van der Waals surface area contributed by atoms with E-state index in [9.17, 15) is 12.8 Å². The normalized spacial score (nSPS) is 20.3. The molecule has 1 aromatic heterocycles. The van der Waals surface area contributed by atoms with Crippen molar-refractivity contribution in [3.63, 3.8) is 0 Å². The molecule has 1 saturated heterocycles. The van der Waals surface area contributed by atoms with E-state index in [2.05, 4.69) is 15.9 Å². The van der Waals surface area contributed by atoms with Crippen molar-refractivity contribution in [3.8, 4) is 0 Å². The van der Waals surface area contributed by atoms with Gasteiger partial charge < -0.3 is 0 Å². The second-order valence-corrected chi connectivity index (χ2v) is 10.3. The number of hydrogen-bond donors (Lipinski definition) is 0. The second-order valence-electron chi connectivity index (χ2n) is 5.67. The van der Waals surface area contributed by atoms with Gasteiger partial charge in [0.1, 0.15) is 10.0 Å². The van der Waals surface area contributed by atoms with Crippen molar-refractivity contribution >= 4 is 37.3 Å². The van der Waals surface area contributed by atoms with E-state index in [4.69, 9.17) is 0 Å². The minimum Gasteiger partial charge on any atom is -0.207 e. The van der Waals surface area contributed by atoms with E-state index >= 15 is 0 Å². The van der Waals surface area contributed by atoms with Crippen molar-refractivity contribution in [1.82, 2.24) is 4.31 Å². The minimum atomic E-state index is -3.47. The Morgan fingerprint density at radius 1 is 1.13 bits per heavy atom. The highest BCUT2D eigenvalue weighted by molar-refractivity contribution is 9.11. The molecule has 0 amide bonds. The summed E-state index contributed by atoms with van der Waals surface area (Å²) >= 11 is 4.55. The SMILES string of the molecule is O=S(=O)(c1ccc(Br)s1)N1CCCCC(c2ccc(F)cc2)C1. The van der Waals surface area contributed by atoms with Gasteiger partial charge in [-0.3, -0.25) is 0 Å². The van der Waals surface area contributed by atoms with E-state index in [1.807, 2.05) is 0 Å². The van der Waals surface area contributed by atoms with Crippen LogP contribution < -0.4 is 0 Å². The lowest BCUT2D eigenvalue weighted by Crippen LogP contribution is -2.33. The maximum atomic E-state index is 13.1. The Morgan fingerprint density at radius 2 is 1.87 bits per heavy atom. The number of sulfonamides is 1. The van der Waals surface area contributed by atoms with Crippen molar-refractivity contribution in [2.45, 2.75) is 29.4 Å². The molecule has 1 atom stereocenters.